The minimum Gasteiger partial charge on any atom is -0.464 e. The molecule has 6 heteroatoms. The van der Waals surface area contributed by atoms with Crippen LogP contribution < -0.4 is 5.56 Å². The van der Waals surface area contributed by atoms with E-state index in [1.807, 2.05) is 36.4 Å². The highest BCUT2D eigenvalue weighted by Gasteiger charge is 2.12. The predicted octanol–water partition coefficient (Wildman–Crippen LogP) is 4.26. The van der Waals surface area contributed by atoms with Crippen molar-refractivity contribution in [2.75, 3.05) is 0 Å². The summed E-state index contributed by atoms with van der Waals surface area (Å²) in [6.07, 6.45) is 1.84. The molecule has 0 bridgehead atoms. The number of ketones is 1. The average molecular weight is 365 g/mol. The Kier molecular flexibility index (Phi) is 4.14. The normalized spacial score (nSPS) is 11.0. The predicted molar refractivity (Wildman–Crippen MR) is 99.6 cm³/mol. The van der Waals surface area contributed by atoms with Gasteiger partial charge in [0, 0.05) is 22.9 Å². The van der Waals surface area contributed by atoms with E-state index in [1.165, 1.54) is 0 Å². The van der Waals surface area contributed by atoms with Gasteiger partial charge in [-0.1, -0.05) is 35.9 Å². The van der Waals surface area contributed by atoms with Crippen LogP contribution in [-0.2, 0) is 6.42 Å². The molecule has 0 spiro atoms. The lowest BCUT2D eigenvalue weighted by molar-refractivity contribution is 0.0993. The van der Waals surface area contributed by atoms with Crippen LogP contribution in [0.2, 0.25) is 5.15 Å². The Hall–Kier alpha value is -3.18. The summed E-state index contributed by atoms with van der Waals surface area (Å²) >= 11 is 6.04. The fourth-order valence-electron chi connectivity index (χ4n) is 2.87. The lowest BCUT2D eigenvalue weighted by Crippen LogP contribution is -2.10. The zero-order valence-electron chi connectivity index (χ0n) is 13.5. The van der Waals surface area contributed by atoms with Gasteiger partial charge in [-0.3, -0.25) is 9.59 Å². The first kappa shape index (κ1) is 16.3. The lowest BCUT2D eigenvalue weighted by atomic mass is 9.99. The van der Waals surface area contributed by atoms with Crippen LogP contribution in [0, 0.1) is 0 Å². The third-order valence-electron chi connectivity index (χ3n) is 4.16. The van der Waals surface area contributed by atoms with Crippen LogP contribution in [0.25, 0.3) is 22.1 Å². The molecule has 1 N–H and O–H groups in total. The van der Waals surface area contributed by atoms with E-state index in [9.17, 15) is 9.59 Å². The Morgan fingerprint density at radius 3 is 2.77 bits per heavy atom. The van der Waals surface area contributed by atoms with Crippen molar-refractivity contribution in [1.29, 1.82) is 0 Å². The van der Waals surface area contributed by atoms with Gasteiger partial charge in [0.15, 0.2) is 10.9 Å². The van der Waals surface area contributed by atoms with Crippen molar-refractivity contribution in [1.82, 2.24) is 10.2 Å². The molecule has 4 aromatic rings. The molecule has 0 saturated carbocycles. The van der Waals surface area contributed by atoms with Crippen LogP contribution in [0.4, 0.5) is 0 Å². The molecule has 0 aliphatic carbocycles. The third kappa shape index (κ3) is 3.05. The number of aromatic amines is 1. The van der Waals surface area contributed by atoms with Crippen molar-refractivity contribution in [3.8, 4) is 11.3 Å². The summed E-state index contributed by atoms with van der Waals surface area (Å²) in [5.41, 5.74) is 1.93. The van der Waals surface area contributed by atoms with Gasteiger partial charge in [-0.25, -0.2) is 5.10 Å². The molecule has 0 aliphatic rings. The van der Waals surface area contributed by atoms with Crippen molar-refractivity contribution in [3.05, 3.63) is 87.5 Å². The molecule has 0 amide bonds. The SMILES string of the molecule is O=C(Cc1cccc(-c2ccco2)c1)c1ccc2c(=O)[nH]nc(Cl)c2c1. The van der Waals surface area contributed by atoms with Crippen LogP contribution in [0.15, 0.2) is 70.1 Å². The molecule has 128 valence electrons. The molecule has 26 heavy (non-hydrogen) atoms. The second-order valence-electron chi connectivity index (χ2n) is 5.88. The molecule has 4 rings (SSSR count). The van der Waals surface area contributed by atoms with Crippen molar-refractivity contribution in [3.63, 3.8) is 0 Å². The molecule has 5 nitrogen and oxygen atoms in total. The summed E-state index contributed by atoms with van der Waals surface area (Å²) in [7, 11) is 0. The van der Waals surface area contributed by atoms with Gasteiger partial charge in [0.05, 0.1) is 11.6 Å². The number of H-pyrrole nitrogens is 1. The summed E-state index contributed by atoms with van der Waals surface area (Å²) in [5, 5.41) is 7.09. The Labute approximate surface area is 153 Å². The van der Waals surface area contributed by atoms with Crippen LogP contribution >= 0.6 is 11.6 Å². The van der Waals surface area contributed by atoms with Gasteiger partial charge in [-0.2, -0.15) is 5.10 Å². The Morgan fingerprint density at radius 2 is 1.96 bits per heavy atom. The second kappa shape index (κ2) is 6.61. The van der Waals surface area contributed by atoms with E-state index < -0.39 is 0 Å². The van der Waals surface area contributed by atoms with Gasteiger partial charge in [0.1, 0.15) is 5.76 Å². The lowest BCUT2D eigenvalue weighted by Gasteiger charge is -2.05. The van der Waals surface area contributed by atoms with Crippen LogP contribution in [0.5, 0.6) is 0 Å². The maximum atomic E-state index is 12.7. The number of furan rings is 1. The molecule has 0 radical (unpaired) electrons. The molecule has 0 aliphatic heterocycles. The van der Waals surface area contributed by atoms with Gasteiger partial charge in [0.2, 0.25) is 0 Å². The highest BCUT2D eigenvalue weighted by atomic mass is 35.5. The Bertz CT molecular complexity index is 1160. The summed E-state index contributed by atoms with van der Waals surface area (Å²) in [6, 6.07) is 16.2. The minimum absolute atomic E-state index is 0.0696. The van der Waals surface area contributed by atoms with Gasteiger partial charge in [-0.15, -0.1) is 0 Å². The maximum absolute atomic E-state index is 12.7. The molecule has 0 unspecified atom stereocenters. The number of Topliss-reactive ketones (excluding diaryl/α,β-unsaturated/α-hetero) is 1. The third-order valence-corrected chi connectivity index (χ3v) is 4.45. The number of nitrogens with zero attached hydrogens (tertiary/aromatic N) is 1. The molecule has 0 fully saturated rings. The van der Waals surface area contributed by atoms with Gasteiger partial charge in [-0.05, 0) is 35.9 Å². The molecule has 2 heterocycles. The summed E-state index contributed by atoms with van der Waals surface area (Å²) in [6.45, 7) is 0. The molecule has 0 saturated heterocycles. The monoisotopic (exact) mass is 364 g/mol. The second-order valence-corrected chi connectivity index (χ2v) is 6.24. The largest absolute Gasteiger partial charge is 0.464 e. The Balaban J connectivity index is 1.65. The zero-order valence-corrected chi connectivity index (χ0v) is 14.3. The van der Waals surface area contributed by atoms with Crippen molar-refractivity contribution in [2.24, 2.45) is 0 Å². The van der Waals surface area contributed by atoms with Crippen molar-refractivity contribution < 1.29 is 9.21 Å². The van der Waals surface area contributed by atoms with E-state index in [1.54, 1.807) is 24.5 Å². The van der Waals surface area contributed by atoms with Crippen LogP contribution in [-0.4, -0.2) is 16.0 Å². The smallest absolute Gasteiger partial charge is 0.272 e. The first-order valence-corrected chi connectivity index (χ1v) is 8.33. The number of carbonyl (C=O) groups is 1. The number of benzene rings is 2. The van der Waals surface area contributed by atoms with E-state index in [4.69, 9.17) is 16.0 Å². The van der Waals surface area contributed by atoms with E-state index >= 15 is 0 Å². The van der Waals surface area contributed by atoms with Gasteiger partial charge in [0.25, 0.3) is 5.56 Å². The quantitative estimate of drug-likeness (QED) is 0.549. The summed E-state index contributed by atoms with van der Waals surface area (Å²) in [4.78, 5) is 24.5. The molecular weight excluding hydrogens is 352 g/mol. The summed E-state index contributed by atoms with van der Waals surface area (Å²) in [5.74, 6) is 0.682. The number of aromatic nitrogens is 2. The molecule has 0 atom stereocenters. The van der Waals surface area contributed by atoms with Gasteiger partial charge < -0.3 is 4.42 Å². The molecule has 2 aromatic heterocycles. The van der Waals surface area contributed by atoms with E-state index in [2.05, 4.69) is 10.2 Å². The molecular formula is C20H13ClN2O3. The minimum atomic E-state index is -0.338. The number of hydrogen-bond donors (Lipinski definition) is 1. The number of carbonyl (C=O) groups excluding carboxylic acids is 1. The van der Waals surface area contributed by atoms with Crippen LogP contribution in [0.3, 0.4) is 0 Å². The number of nitrogens with one attached hydrogen (secondary N) is 1. The number of rotatable bonds is 4. The maximum Gasteiger partial charge on any atom is 0.272 e. The first-order valence-electron chi connectivity index (χ1n) is 7.96. The summed E-state index contributed by atoms with van der Waals surface area (Å²) < 4.78 is 5.40. The Morgan fingerprint density at radius 1 is 1.08 bits per heavy atom. The number of hydrogen-bond acceptors (Lipinski definition) is 4. The number of fused-ring (bicyclic) bond motifs is 1. The average Bonchev–Trinajstić information content (AvgIpc) is 3.19. The first-order chi connectivity index (χ1) is 12.6. The van der Waals surface area contributed by atoms with E-state index in [-0.39, 0.29) is 22.9 Å². The van der Waals surface area contributed by atoms with E-state index in [0.717, 1.165) is 16.9 Å². The van der Waals surface area contributed by atoms with E-state index in [0.29, 0.717) is 16.3 Å². The number of halogens is 1. The fraction of sp³-hybridized carbons (Fsp3) is 0.0500. The standard InChI is InChI=1S/C20H13ClN2O3/c21-19-16-11-13(6-7-15(16)20(25)23-22-19)17(24)10-12-3-1-4-14(9-12)18-5-2-8-26-18/h1-9,11H,10H2,(H,23,25). The van der Waals surface area contributed by atoms with Gasteiger partial charge >= 0.3 is 0 Å². The van der Waals surface area contributed by atoms with Crippen LogP contribution in [0.1, 0.15) is 15.9 Å². The van der Waals surface area contributed by atoms with Crippen molar-refractivity contribution in [2.45, 2.75) is 6.42 Å². The zero-order chi connectivity index (χ0) is 18.1. The van der Waals surface area contributed by atoms with Crippen molar-refractivity contribution >= 4 is 28.2 Å². The highest BCUT2D eigenvalue weighted by molar-refractivity contribution is 6.34. The topological polar surface area (TPSA) is 76.0 Å². The fourth-order valence-corrected chi connectivity index (χ4v) is 3.07. The molecule has 2 aromatic carbocycles. The highest BCUT2D eigenvalue weighted by Crippen LogP contribution is 2.23.